The van der Waals surface area contributed by atoms with E-state index in [-0.39, 0.29) is 5.54 Å². The summed E-state index contributed by atoms with van der Waals surface area (Å²) >= 11 is 3.66. The lowest BCUT2D eigenvalue weighted by Gasteiger charge is -2.32. The molecule has 1 N–H and O–H groups in total. The first-order chi connectivity index (χ1) is 8.77. The molecule has 5 heteroatoms. The maximum absolute atomic E-state index is 5.44. The molecule has 3 heterocycles. The number of thiophene rings is 1. The van der Waals surface area contributed by atoms with Gasteiger partial charge in [0.15, 0.2) is 5.17 Å². The topological polar surface area (TPSA) is 33.6 Å². The molecule has 3 rings (SSSR count). The summed E-state index contributed by atoms with van der Waals surface area (Å²) in [6, 6.07) is 2.16. The Morgan fingerprint density at radius 2 is 2.28 bits per heavy atom. The Kier molecular flexibility index (Phi) is 3.63. The summed E-state index contributed by atoms with van der Waals surface area (Å²) in [4.78, 5) is 6.09. The maximum Gasteiger partial charge on any atom is 0.157 e. The van der Waals surface area contributed by atoms with E-state index in [1.807, 2.05) is 11.8 Å². The molecule has 0 bridgehead atoms. The number of rotatable bonds is 2. The zero-order valence-corrected chi connectivity index (χ0v) is 12.2. The molecule has 3 nitrogen and oxygen atoms in total. The second-order valence-corrected chi connectivity index (χ2v) is 6.92. The van der Waals surface area contributed by atoms with Crippen LogP contribution in [0.3, 0.4) is 0 Å². The third-order valence-electron chi connectivity index (χ3n) is 3.64. The van der Waals surface area contributed by atoms with Gasteiger partial charge in [0.1, 0.15) is 0 Å². The van der Waals surface area contributed by atoms with Gasteiger partial charge in [0, 0.05) is 23.8 Å². The van der Waals surface area contributed by atoms with Crippen LogP contribution in [0.4, 0.5) is 0 Å². The van der Waals surface area contributed by atoms with Gasteiger partial charge < -0.3 is 10.1 Å². The number of nitrogens with one attached hydrogen (secondary N) is 1. The lowest BCUT2D eigenvalue weighted by atomic mass is 9.93. The summed E-state index contributed by atoms with van der Waals surface area (Å²) in [5.74, 6) is 1.14. The van der Waals surface area contributed by atoms with E-state index in [0.29, 0.717) is 0 Å². The van der Waals surface area contributed by atoms with Crippen molar-refractivity contribution in [3.8, 4) is 0 Å². The lowest BCUT2D eigenvalue weighted by molar-refractivity contribution is 0.0555. The number of amidine groups is 1. The van der Waals surface area contributed by atoms with E-state index in [9.17, 15) is 0 Å². The molecule has 1 aromatic rings. The van der Waals surface area contributed by atoms with E-state index < -0.39 is 0 Å². The summed E-state index contributed by atoms with van der Waals surface area (Å²) in [5, 5.41) is 6.88. The SMILES string of the molecule is Cc1ccsc1CN=C1NC2(CCOCC2)CS1. The molecule has 18 heavy (non-hydrogen) atoms. The second kappa shape index (κ2) is 5.23. The molecule has 0 unspecified atom stereocenters. The molecular formula is C13H18N2OS2. The minimum absolute atomic E-state index is 0.256. The van der Waals surface area contributed by atoms with E-state index in [2.05, 4.69) is 23.7 Å². The number of aryl methyl sites for hydroxylation is 1. The first kappa shape index (κ1) is 12.5. The van der Waals surface area contributed by atoms with Gasteiger partial charge >= 0.3 is 0 Å². The zero-order chi connectivity index (χ0) is 12.4. The first-order valence-electron chi connectivity index (χ1n) is 6.34. The molecule has 0 aliphatic carbocycles. The van der Waals surface area contributed by atoms with Crippen molar-refractivity contribution in [2.45, 2.75) is 31.8 Å². The fourth-order valence-electron chi connectivity index (χ4n) is 2.33. The Morgan fingerprint density at radius 1 is 1.44 bits per heavy atom. The van der Waals surface area contributed by atoms with Crippen LogP contribution in [-0.2, 0) is 11.3 Å². The van der Waals surface area contributed by atoms with Crippen LogP contribution in [0, 0.1) is 6.92 Å². The van der Waals surface area contributed by atoms with Gasteiger partial charge in [-0.15, -0.1) is 11.3 Å². The van der Waals surface area contributed by atoms with E-state index in [1.54, 1.807) is 11.3 Å². The van der Waals surface area contributed by atoms with Crippen LogP contribution in [-0.4, -0.2) is 29.7 Å². The number of hydrogen-bond acceptors (Lipinski definition) is 4. The van der Waals surface area contributed by atoms with Crippen LogP contribution >= 0.6 is 23.1 Å². The number of thioether (sulfide) groups is 1. The Bertz CT molecular complexity index is 450. The summed E-state index contributed by atoms with van der Waals surface area (Å²) in [7, 11) is 0. The summed E-state index contributed by atoms with van der Waals surface area (Å²) in [5.41, 5.74) is 1.61. The molecule has 1 spiro atoms. The van der Waals surface area contributed by atoms with Gasteiger partial charge in [0.05, 0.1) is 12.1 Å². The molecular weight excluding hydrogens is 264 g/mol. The quantitative estimate of drug-likeness (QED) is 0.905. The lowest BCUT2D eigenvalue weighted by Crippen LogP contribution is -2.48. The molecule has 2 aliphatic rings. The smallest absolute Gasteiger partial charge is 0.157 e. The van der Waals surface area contributed by atoms with Gasteiger partial charge in [-0.2, -0.15) is 0 Å². The van der Waals surface area contributed by atoms with Crippen LogP contribution in [0.15, 0.2) is 16.4 Å². The Hall–Kier alpha value is -0.520. The van der Waals surface area contributed by atoms with E-state index in [0.717, 1.165) is 43.5 Å². The van der Waals surface area contributed by atoms with Crippen molar-refractivity contribution in [1.29, 1.82) is 0 Å². The third-order valence-corrected chi connectivity index (χ3v) is 5.85. The molecule has 0 radical (unpaired) electrons. The summed E-state index contributed by atoms with van der Waals surface area (Å²) in [6.07, 6.45) is 2.22. The summed E-state index contributed by atoms with van der Waals surface area (Å²) < 4.78 is 5.44. The van der Waals surface area contributed by atoms with Gasteiger partial charge in [-0.25, -0.2) is 0 Å². The minimum Gasteiger partial charge on any atom is -0.381 e. The van der Waals surface area contributed by atoms with Gasteiger partial charge in [0.25, 0.3) is 0 Å². The largest absolute Gasteiger partial charge is 0.381 e. The molecule has 98 valence electrons. The number of ether oxygens (including phenoxy) is 1. The highest BCUT2D eigenvalue weighted by Gasteiger charge is 2.38. The predicted octanol–water partition coefficient (Wildman–Crippen LogP) is 2.80. The highest BCUT2D eigenvalue weighted by Crippen LogP contribution is 2.32. The van der Waals surface area contributed by atoms with Crippen molar-refractivity contribution in [3.05, 3.63) is 21.9 Å². The van der Waals surface area contributed by atoms with Crippen molar-refractivity contribution >= 4 is 28.3 Å². The standard InChI is InChI=1S/C13H18N2OS2/c1-10-2-7-17-11(10)8-14-12-15-13(9-18-12)3-5-16-6-4-13/h2,7H,3-6,8-9H2,1H3,(H,14,15). The van der Waals surface area contributed by atoms with E-state index >= 15 is 0 Å². The Balaban J connectivity index is 1.63. The van der Waals surface area contributed by atoms with E-state index in [1.165, 1.54) is 10.4 Å². The van der Waals surface area contributed by atoms with Gasteiger partial charge in [0.2, 0.25) is 0 Å². The monoisotopic (exact) mass is 282 g/mol. The Morgan fingerprint density at radius 3 is 3.00 bits per heavy atom. The zero-order valence-electron chi connectivity index (χ0n) is 10.6. The fraction of sp³-hybridized carbons (Fsp3) is 0.615. The molecule has 0 amide bonds. The van der Waals surface area contributed by atoms with Crippen LogP contribution in [0.5, 0.6) is 0 Å². The fourth-order valence-corrected chi connectivity index (χ4v) is 4.38. The highest BCUT2D eigenvalue weighted by molar-refractivity contribution is 8.14. The molecule has 2 saturated heterocycles. The van der Waals surface area contributed by atoms with Gasteiger partial charge in [-0.3, -0.25) is 4.99 Å². The first-order valence-corrected chi connectivity index (χ1v) is 8.20. The molecule has 0 saturated carbocycles. The van der Waals surface area contributed by atoms with Crippen molar-refractivity contribution < 1.29 is 4.74 Å². The average Bonchev–Trinajstić information content (AvgIpc) is 2.96. The number of nitrogens with zero attached hydrogens (tertiary/aromatic N) is 1. The molecule has 2 aliphatic heterocycles. The van der Waals surface area contributed by atoms with Gasteiger partial charge in [-0.05, 0) is 36.8 Å². The predicted molar refractivity (Wildman–Crippen MR) is 78.6 cm³/mol. The van der Waals surface area contributed by atoms with Crippen LogP contribution in [0.25, 0.3) is 0 Å². The van der Waals surface area contributed by atoms with Gasteiger partial charge in [-0.1, -0.05) is 11.8 Å². The van der Waals surface area contributed by atoms with Crippen LogP contribution in [0.2, 0.25) is 0 Å². The third kappa shape index (κ3) is 2.58. The van der Waals surface area contributed by atoms with Crippen molar-refractivity contribution in [3.63, 3.8) is 0 Å². The van der Waals surface area contributed by atoms with Crippen molar-refractivity contribution in [2.24, 2.45) is 4.99 Å². The van der Waals surface area contributed by atoms with E-state index in [4.69, 9.17) is 9.73 Å². The number of aliphatic imine (C=N–C) groups is 1. The second-order valence-electron chi connectivity index (χ2n) is 4.95. The normalized spacial score (nSPS) is 24.6. The van der Waals surface area contributed by atoms with Crippen LogP contribution < -0.4 is 5.32 Å². The average molecular weight is 282 g/mol. The Labute approximate surface area is 116 Å². The number of hydrogen-bond donors (Lipinski definition) is 1. The summed E-state index contributed by atoms with van der Waals surface area (Å²) in [6.45, 7) is 4.72. The molecule has 0 aromatic carbocycles. The van der Waals surface area contributed by atoms with Crippen molar-refractivity contribution in [1.82, 2.24) is 5.32 Å². The molecule has 2 fully saturated rings. The highest BCUT2D eigenvalue weighted by atomic mass is 32.2. The molecule has 1 aromatic heterocycles. The molecule has 0 atom stereocenters. The van der Waals surface area contributed by atoms with Crippen molar-refractivity contribution in [2.75, 3.05) is 19.0 Å². The minimum atomic E-state index is 0.256. The maximum atomic E-state index is 5.44. The van der Waals surface area contributed by atoms with Crippen LogP contribution in [0.1, 0.15) is 23.3 Å².